The fourth-order valence-corrected chi connectivity index (χ4v) is 5.31. The van der Waals surface area contributed by atoms with Gasteiger partial charge in [0.25, 0.3) is 5.91 Å². The second-order valence-corrected chi connectivity index (χ2v) is 8.83. The van der Waals surface area contributed by atoms with E-state index in [0.29, 0.717) is 11.8 Å². The highest BCUT2D eigenvalue weighted by atomic mass is 16.2. The summed E-state index contributed by atoms with van der Waals surface area (Å²) in [5, 5.41) is 0. The van der Waals surface area contributed by atoms with Gasteiger partial charge >= 0.3 is 0 Å². The number of fused-ring (bicyclic) bond motifs is 1. The lowest BCUT2D eigenvalue weighted by atomic mass is 9.90. The Balaban J connectivity index is 1.22. The van der Waals surface area contributed by atoms with Gasteiger partial charge in [-0.15, -0.1) is 0 Å². The Labute approximate surface area is 174 Å². The maximum atomic E-state index is 12.8. The average molecular weight is 387 g/mol. The Kier molecular flexibility index (Phi) is 5.24. The van der Waals surface area contributed by atoms with Crippen molar-refractivity contribution < 1.29 is 4.79 Å². The number of carbonyl (C=O) groups excluding carboxylic acids is 1. The van der Waals surface area contributed by atoms with Crippen molar-refractivity contribution in [3.05, 3.63) is 77.4 Å². The molecule has 2 atom stereocenters. The molecule has 0 bridgehead atoms. The van der Waals surface area contributed by atoms with Crippen LogP contribution in [-0.4, -0.2) is 48.4 Å². The first-order valence-corrected chi connectivity index (χ1v) is 11.1. The van der Waals surface area contributed by atoms with Crippen LogP contribution >= 0.6 is 0 Å². The van der Waals surface area contributed by atoms with Crippen molar-refractivity contribution in [3.63, 3.8) is 0 Å². The van der Waals surface area contributed by atoms with Gasteiger partial charge in [-0.3, -0.25) is 4.79 Å². The zero-order valence-corrected chi connectivity index (χ0v) is 17.1. The van der Waals surface area contributed by atoms with Gasteiger partial charge in [-0.05, 0) is 73.5 Å². The number of hydrogen-bond acceptors (Lipinski definition) is 2. The fourth-order valence-electron chi connectivity index (χ4n) is 5.31. The van der Waals surface area contributed by atoms with Crippen LogP contribution < -0.4 is 0 Å². The predicted molar refractivity (Wildman–Crippen MR) is 118 cm³/mol. The monoisotopic (exact) mass is 386 g/mol. The van der Waals surface area contributed by atoms with E-state index in [1.165, 1.54) is 49.2 Å². The molecular formula is C26H30N2O. The van der Waals surface area contributed by atoms with Crippen LogP contribution in [0.5, 0.6) is 0 Å². The summed E-state index contributed by atoms with van der Waals surface area (Å²) in [6, 6.07) is 18.9. The van der Waals surface area contributed by atoms with Crippen molar-refractivity contribution in [1.29, 1.82) is 0 Å². The van der Waals surface area contributed by atoms with Crippen molar-refractivity contribution in [3.8, 4) is 0 Å². The molecule has 0 aromatic heterocycles. The molecule has 2 aromatic carbocycles. The molecule has 1 aliphatic carbocycles. The molecule has 0 spiro atoms. The molecule has 0 N–H and O–H groups in total. The third-order valence-electron chi connectivity index (χ3n) is 6.99. The molecule has 29 heavy (non-hydrogen) atoms. The molecule has 3 heteroatoms. The van der Waals surface area contributed by atoms with Crippen LogP contribution in [-0.2, 0) is 6.42 Å². The largest absolute Gasteiger partial charge is 0.338 e. The summed E-state index contributed by atoms with van der Waals surface area (Å²) in [4.78, 5) is 17.5. The molecular weight excluding hydrogens is 356 g/mol. The number of amides is 1. The van der Waals surface area contributed by atoms with Crippen molar-refractivity contribution in [2.24, 2.45) is 11.8 Å². The zero-order chi connectivity index (χ0) is 19.6. The van der Waals surface area contributed by atoms with Crippen molar-refractivity contribution in [2.45, 2.75) is 25.7 Å². The second kappa shape index (κ2) is 8.16. The number of benzene rings is 2. The highest BCUT2D eigenvalue weighted by molar-refractivity contribution is 5.94. The van der Waals surface area contributed by atoms with E-state index in [1.54, 1.807) is 0 Å². The molecule has 2 aromatic rings. The molecule has 2 saturated heterocycles. The number of allylic oxidation sites excluding steroid dienone is 1. The SMILES string of the molecule is O=C(c1ccccc1)N1C[C@@H]2CC=C(c3ccc(CCN4CCCC4)cc3)[C@@H]2C1. The van der Waals surface area contributed by atoms with E-state index in [4.69, 9.17) is 0 Å². The van der Waals surface area contributed by atoms with Crippen LogP contribution in [0.1, 0.15) is 40.7 Å². The molecule has 3 nitrogen and oxygen atoms in total. The summed E-state index contributed by atoms with van der Waals surface area (Å²) in [5.74, 6) is 1.24. The first kappa shape index (κ1) is 18.6. The molecule has 2 aliphatic heterocycles. The minimum absolute atomic E-state index is 0.177. The van der Waals surface area contributed by atoms with E-state index in [1.807, 2.05) is 30.3 Å². The van der Waals surface area contributed by atoms with Gasteiger partial charge < -0.3 is 9.80 Å². The van der Waals surface area contributed by atoms with E-state index < -0.39 is 0 Å². The minimum atomic E-state index is 0.177. The van der Waals surface area contributed by atoms with E-state index in [0.717, 1.165) is 31.5 Å². The van der Waals surface area contributed by atoms with Crippen molar-refractivity contribution in [1.82, 2.24) is 9.80 Å². The molecule has 3 aliphatic rings. The summed E-state index contributed by atoms with van der Waals surface area (Å²) in [5.41, 5.74) is 5.03. The van der Waals surface area contributed by atoms with E-state index in [9.17, 15) is 4.79 Å². The molecule has 5 rings (SSSR count). The van der Waals surface area contributed by atoms with Gasteiger partial charge in [0.2, 0.25) is 0 Å². The molecule has 150 valence electrons. The average Bonchev–Trinajstić information content (AvgIpc) is 3.50. The van der Waals surface area contributed by atoms with Crippen LogP contribution in [0, 0.1) is 11.8 Å². The smallest absolute Gasteiger partial charge is 0.253 e. The number of hydrogen-bond donors (Lipinski definition) is 0. The lowest BCUT2D eigenvalue weighted by Crippen LogP contribution is -2.29. The molecule has 1 amide bonds. The molecule has 0 saturated carbocycles. The van der Waals surface area contributed by atoms with Gasteiger partial charge in [0.1, 0.15) is 0 Å². The Morgan fingerprint density at radius 3 is 2.45 bits per heavy atom. The van der Waals surface area contributed by atoms with Gasteiger partial charge in [-0.25, -0.2) is 0 Å². The van der Waals surface area contributed by atoms with E-state index in [-0.39, 0.29) is 5.91 Å². The number of likely N-dealkylation sites (tertiary alicyclic amines) is 2. The highest BCUT2D eigenvalue weighted by Gasteiger charge is 2.40. The third kappa shape index (κ3) is 3.89. The summed E-state index contributed by atoms with van der Waals surface area (Å²) in [6.07, 6.45) is 7.37. The Bertz CT molecular complexity index is 881. The summed E-state index contributed by atoms with van der Waals surface area (Å²) in [6.45, 7) is 5.45. The van der Waals surface area contributed by atoms with Gasteiger partial charge in [0.05, 0.1) is 0 Å². The normalized spacial score (nSPS) is 24.0. The second-order valence-electron chi connectivity index (χ2n) is 8.83. The summed E-state index contributed by atoms with van der Waals surface area (Å²) in [7, 11) is 0. The maximum absolute atomic E-state index is 12.8. The summed E-state index contributed by atoms with van der Waals surface area (Å²) < 4.78 is 0. The van der Waals surface area contributed by atoms with Crippen LogP contribution in [0.2, 0.25) is 0 Å². The highest BCUT2D eigenvalue weighted by Crippen LogP contribution is 2.43. The zero-order valence-electron chi connectivity index (χ0n) is 17.1. The fraction of sp³-hybridized carbons (Fsp3) is 0.423. The lowest BCUT2D eigenvalue weighted by Gasteiger charge is -2.18. The summed E-state index contributed by atoms with van der Waals surface area (Å²) >= 11 is 0. The molecule has 2 fully saturated rings. The Morgan fingerprint density at radius 2 is 1.69 bits per heavy atom. The number of carbonyl (C=O) groups is 1. The molecule has 0 unspecified atom stereocenters. The predicted octanol–water partition coefficient (Wildman–Crippen LogP) is 4.50. The van der Waals surface area contributed by atoms with Crippen LogP contribution in [0.3, 0.4) is 0 Å². The van der Waals surface area contributed by atoms with Crippen LogP contribution in [0.15, 0.2) is 60.7 Å². The Morgan fingerprint density at radius 1 is 0.931 bits per heavy atom. The van der Waals surface area contributed by atoms with Gasteiger partial charge in [-0.2, -0.15) is 0 Å². The Hall–Kier alpha value is -2.39. The van der Waals surface area contributed by atoms with Gasteiger partial charge in [0.15, 0.2) is 0 Å². The number of nitrogens with zero attached hydrogens (tertiary/aromatic N) is 2. The van der Waals surface area contributed by atoms with Crippen LogP contribution in [0.4, 0.5) is 0 Å². The first-order valence-electron chi connectivity index (χ1n) is 11.1. The molecule has 2 heterocycles. The quantitative estimate of drug-likeness (QED) is 0.755. The van der Waals surface area contributed by atoms with Crippen molar-refractivity contribution >= 4 is 11.5 Å². The molecule has 0 radical (unpaired) electrons. The minimum Gasteiger partial charge on any atom is -0.338 e. The standard InChI is InChI=1S/C26H30N2O/c29-26(22-6-2-1-3-7-22)28-18-23-12-13-24(25(23)19-28)21-10-8-20(9-11-21)14-17-27-15-4-5-16-27/h1-3,6-11,13,23,25H,4-5,12,14-19H2/t23-,25+/m0/s1. The number of rotatable bonds is 5. The first-order chi connectivity index (χ1) is 14.3. The van der Waals surface area contributed by atoms with E-state index >= 15 is 0 Å². The third-order valence-corrected chi connectivity index (χ3v) is 6.99. The van der Waals surface area contributed by atoms with Gasteiger partial charge in [0, 0.05) is 31.1 Å². The van der Waals surface area contributed by atoms with Crippen LogP contribution in [0.25, 0.3) is 5.57 Å². The van der Waals surface area contributed by atoms with Crippen molar-refractivity contribution in [2.75, 3.05) is 32.7 Å². The van der Waals surface area contributed by atoms with Gasteiger partial charge in [-0.1, -0.05) is 48.5 Å². The lowest BCUT2D eigenvalue weighted by molar-refractivity contribution is 0.0785. The topological polar surface area (TPSA) is 23.6 Å². The van der Waals surface area contributed by atoms with E-state index in [2.05, 4.69) is 40.1 Å². The maximum Gasteiger partial charge on any atom is 0.253 e.